The summed E-state index contributed by atoms with van der Waals surface area (Å²) in [5.41, 5.74) is 0.331. The van der Waals surface area contributed by atoms with Crippen LogP contribution in [0.25, 0.3) is 0 Å². The number of guanidine groups is 1. The molecule has 1 aromatic heterocycles. The zero-order valence-corrected chi connectivity index (χ0v) is 15.8. The average Bonchev–Trinajstić information content (AvgIpc) is 3.26. The summed E-state index contributed by atoms with van der Waals surface area (Å²) < 4.78 is 20.0. The predicted octanol–water partition coefficient (Wildman–Crippen LogP) is 1.92. The molecule has 1 aromatic rings. The van der Waals surface area contributed by atoms with Crippen LogP contribution in [0.1, 0.15) is 32.1 Å². The fourth-order valence-corrected chi connectivity index (χ4v) is 5.65. The molecule has 4 atom stereocenters. The van der Waals surface area contributed by atoms with Crippen molar-refractivity contribution in [2.45, 2.75) is 50.3 Å². The molecule has 2 saturated heterocycles. The molecule has 3 heterocycles. The van der Waals surface area contributed by atoms with E-state index in [0.717, 1.165) is 38.5 Å². The maximum atomic E-state index is 14.0. The van der Waals surface area contributed by atoms with Gasteiger partial charge in [-0.2, -0.15) is 0 Å². The van der Waals surface area contributed by atoms with Crippen LogP contribution in [0.15, 0.2) is 23.3 Å². The molecular weight excluding hydrogens is 345 g/mol. The lowest BCUT2D eigenvalue weighted by Gasteiger charge is -2.63. The summed E-state index contributed by atoms with van der Waals surface area (Å²) in [5.74, 6) is 1.67. The summed E-state index contributed by atoms with van der Waals surface area (Å²) in [6.45, 7) is 2.43. The summed E-state index contributed by atoms with van der Waals surface area (Å²) >= 11 is 0. The molecule has 0 bridgehead atoms. The monoisotopic (exact) mass is 373 g/mol. The van der Waals surface area contributed by atoms with Gasteiger partial charge in [0.25, 0.3) is 0 Å². The zero-order chi connectivity index (χ0) is 18.4. The molecule has 7 heteroatoms. The Bertz CT molecular complexity index is 737. The van der Waals surface area contributed by atoms with E-state index in [-0.39, 0.29) is 11.9 Å². The number of nitrogens with one attached hydrogen (secondary N) is 2. The highest BCUT2D eigenvalue weighted by atomic mass is 19.1. The highest BCUT2D eigenvalue weighted by Gasteiger charge is 2.66. The molecule has 27 heavy (non-hydrogen) atoms. The molecule has 6 nitrogen and oxygen atoms in total. The van der Waals surface area contributed by atoms with E-state index in [1.54, 1.807) is 12.3 Å². The lowest BCUT2D eigenvalue weighted by molar-refractivity contribution is -0.171. The molecule has 2 aliphatic carbocycles. The molecule has 0 aromatic carbocycles. The number of halogens is 1. The van der Waals surface area contributed by atoms with Gasteiger partial charge in [0.05, 0.1) is 6.10 Å². The van der Waals surface area contributed by atoms with Gasteiger partial charge in [-0.3, -0.25) is 4.99 Å². The van der Waals surface area contributed by atoms with E-state index in [0.29, 0.717) is 29.3 Å². The number of rotatable bonds is 3. The fraction of sp³-hybridized carbons (Fsp3) is 0.700. The lowest BCUT2D eigenvalue weighted by atomic mass is 9.46. The number of aromatic nitrogens is 1. The van der Waals surface area contributed by atoms with Gasteiger partial charge in [0.2, 0.25) is 0 Å². The summed E-state index contributed by atoms with van der Waals surface area (Å²) in [7, 11) is 1.83. The molecule has 4 unspecified atom stereocenters. The van der Waals surface area contributed by atoms with Crippen molar-refractivity contribution in [1.29, 1.82) is 0 Å². The SMILES string of the molecule is CN=C(NC1CCN(c2ncccc2F)C1)NC1C2CCOC2C12CCC2. The summed E-state index contributed by atoms with van der Waals surface area (Å²) in [6.07, 6.45) is 8.03. The van der Waals surface area contributed by atoms with Crippen LogP contribution in [0.4, 0.5) is 10.2 Å². The molecule has 1 spiro atoms. The fourth-order valence-electron chi connectivity index (χ4n) is 5.65. The topological polar surface area (TPSA) is 61.8 Å². The summed E-state index contributed by atoms with van der Waals surface area (Å²) in [6, 6.07) is 3.81. The first-order valence-corrected chi connectivity index (χ1v) is 10.2. The smallest absolute Gasteiger partial charge is 0.191 e. The first kappa shape index (κ1) is 17.2. The maximum absolute atomic E-state index is 14.0. The van der Waals surface area contributed by atoms with Gasteiger partial charge in [-0.05, 0) is 37.8 Å². The molecule has 0 amide bonds. The Morgan fingerprint density at radius 2 is 2.26 bits per heavy atom. The molecule has 5 rings (SSSR count). The minimum atomic E-state index is -0.255. The van der Waals surface area contributed by atoms with Gasteiger partial charge in [-0.25, -0.2) is 9.37 Å². The molecule has 4 fully saturated rings. The molecule has 2 aliphatic heterocycles. The number of nitrogens with zero attached hydrogens (tertiary/aromatic N) is 3. The number of hydrogen-bond donors (Lipinski definition) is 2. The highest BCUT2D eigenvalue weighted by Crippen LogP contribution is 2.62. The Hall–Kier alpha value is -1.89. The standard InChI is InChI=1S/C20H28FN5O/c1-22-19(25-16-14-6-11-27-17(14)20(16)7-3-8-20)24-13-5-10-26(12-13)18-15(21)4-2-9-23-18/h2,4,9,13-14,16-17H,3,5-8,10-12H2,1H3,(H2,22,24,25). The third-order valence-electron chi connectivity index (χ3n) is 7.12. The van der Waals surface area contributed by atoms with E-state index in [4.69, 9.17) is 4.74 Å². The minimum Gasteiger partial charge on any atom is -0.377 e. The lowest BCUT2D eigenvalue weighted by Crippen LogP contribution is -2.72. The maximum Gasteiger partial charge on any atom is 0.191 e. The van der Waals surface area contributed by atoms with Crippen molar-refractivity contribution in [3.63, 3.8) is 0 Å². The summed E-state index contributed by atoms with van der Waals surface area (Å²) in [5, 5.41) is 7.27. The van der Waals surface area contributed by atoms with Crippen LogP contribution in [-0.4, -0.2) is 55.9 Å². The Morgan fingerprint density at radius 3 is 3.00 bits per heavy atom. The van der Waals surface area contributed by atoms with Crippen LogP contribution in [0.5, 0.6) is 0 Å². The van der Waals surface area contributed by atoms with Crippen LogP contribution >= 0.6 is 0 Å². The third-order valence-corrected chi connectivity index (χ3v) is 7.12. The van der Waals surface area contributed by atoms with Crippen molar-refractivity contribution in [2.75, 3.05) is 31.6 Å². The van der Waals surface area contributed by atoms with Gasteiger partial charge in [0, 0.05) is 56.4 Å². The minimum absolute atomic E-state index is 0.241. The van der Waals surface area contributed by atoms with Crippen molar-refractivity contribution < 1.29 is 9.13 Å². The van der Waals surface area contributed by atoms with Crippen LogP contribution in [0, 0.1) is 17.2 Å². The second-order valence-electron chi connectivity index (χ2n) is 8.41. The third kappa shape index (κ3) is 2.70. The normalized spacial score (nSPS) is 34.1. The Kier molecular flexibility index (Phi) is 4.22. The molecule has 2 saturated carbocycles. The number of ether oxygens (including phenoxy) is 1. The molecule has 2 N–H and O–H groups in total. The molecular formula is C20H28FN5O. The van der Waals surface area contributed by atoms with Gasteiger partial charge in [-0.1, -0.05) is 6.42 Å². The number of hydrogen-bond acceptors (Lipinski definition) is 4. The largest absolute Gasteiger partial charge is 0.377 e. The van der Waals surface area contributed by atoms with E-state index in [1.807, 2.05) is 11.9 Å². The molecule has 146 valence electrons. The van der Waals surface area contributed by atoms with Crippen molar-refractivity contribution in [1.82, 2.24) is 15.6 Å². The summed E-state index contributed by atoms with van der Waals surface area (Å²) in [4.78, 5) is 10.7. The molecule has 0 radical (unpaired) electrons. The van der Waals surface area contributed by atoms with E-state index >= 15 is 0 Å². The van der Waals surface area contributed by atoms with Crippen molar-refractivity contribution >= 4 is 11.8 Å². The van der Waals surface area contributed by atoms with E-state index in [9.17, 15) is 4.39 Å². The Morgan fingerprint density at radius 1 is 1.37 bits per heavy atom. The number of aliphatic imine (C=N–C) groups is 1. The second-order valence-corrected chi connectivity index (χ2v) is 8.41. The average molecular weight is 373 g/mol. The first-order chi connectivity index (χ1) is 13.2. The number of fused-ring (bicyclic) bond motifs is 2. The van der Waals surface area contributed by atoms with Crippen LogP contribution < -0.4 is 15.5 Å². The molecule has 4 aliphatic rings. The van der Waals surface area contributed by atoms with Gasteiger partial charge in [0.15, 0.2) is 17.6 Å². The first-order valence-electron chi connectivity index (χ1n) is 10.2. The Labute approximate surface area is 159 Å². The Balaban J connectivity index is 1.21. The van der Waals surface area contributed by atoms with Gasteiger partial charge >= 0.3 is 0 Å². The number of pyridine rings is 1. The zero-order valence-electron chi connectivity index (χ0n) is 15.8. The van der Waals surface area contributed by atoms with Crippen molar-refractivity contribution in [3.8, 4) is 0 Å². The van der Waals surface area contributed by atoms with E-state index < -0.39 is 0 Å². The number of anilines is 1. The second kappa shape index (κ2) is 6.62. The quantitative estimate of drug-likeness (QED) is 0.626. The predicted molar refractivity (Wildman–Crippen MR) is 102 cm³/mol. The van der Waals surface area contributed by atoms with Gasteiger partial charge in [0.1, 0.15) is 0 Å². The van der Waals surface area contributed by atoms with E-state index in [2.05, 4.69) is 20.6 Å². The van der Waals surface area contributed by atoms with Gasteiger partial charge in [-0.15, -0.1) is 0 Å². The van der Waals surface area contributed by atoms with Crippen LogP contribution in [0.2, 0.25) is 0 Å². The van der Waals surface area contributed by atoms with Gasteiger partial charge < -0.3 is 20.3 Å². The van der Waals surface area contributed by atoms with Crippen LogP contribution in [-0.2, 0) is 4.74 Å². The van der Waals surface area contributed by atoms with Crippen molar-refractivity contribution in [2.24, 2.45) is 16.3 Å². The van der Waals surface area contributed by atoms with Crippen LogP contribution in [0.3, 0.4) is 0 Å². The van der Waals surface area contributed by atoms with E-state index in [1.165, 1.54) is 25.3 Å². The highest BCUT2D eigenvalue weighted by molar-refractivity contribution is 5.81. The van der Waals surface area contributed by atoms with Crippen molar-refractivity contribution in [3.05, 3.63) is 24.1 Å².